The number of nitrogens with one attached hydrogen (secondary N) is 2. The zero-order valence-corrected chi connectivity index (χ0v) is 23.7. The van der Waals surface area contributed by atoms with Crippen molar-refractivity contribution in [2.75, 3.05) is 43.9 Å². The van der Waals surface area contributed by atoms with Crippen LogP contribution in [-0.4, -0.2) is 81.3 Å². The molecule has 3 aliphatic rings. The standard InChI is InChI=1S/C32H43N7O/c1-38-18-15-27(16-19-38)39-20-13-24(14-21-39)23-5-7-26(8-6-23)36-32-34-22-29(30-4-2-3-17-33-30)31(37-32)35-25-9-11-28(40)12-10-25/h2-8,17,22,24-25,27-28,40H,9-16,18-21H2,1H3,(H2,34,35,36,37). The Morgan fingerprint density at radius 2 is 1.57 bits per heavy atom. The van der Waals surface area contributed by atoms with E-state index in [1.54, 1.807) is 6.20 Å². The number of hydrogen-bond donors (Lipinski definition) is 3. The molecule has 0 atom stereocenters. The van der Waals surface area contributed by atoms with E-state index in [0.717, 1.165) is 54.5 Å². The van der Waals surface area contributed by atoms with E-state index >= 15 is 0 Å². The molecule has 8 heteroatoms. The lowest BCUT2D eigenvalue weighted by molar-refractivity contribution is 0.0966. The minimum atomic E-state index is -0.189. The number of aliphatic hydroxyl groups excluding tert-OH is 1. The third-order valence-electron chi connectivity index (χ3n) is 9.14. The summed E-state index contributed by atoms with van der Waals surface area (Å²) in [6, 6.07) is 15.8. The Hall–Kier alpha value is -3.07. The molecular formula is C32H43N7O. The summed E-state index contributed by atoms with van der Waals surface area (Å²) in [5, 5.41) is 17.0. The van der Waals surface area contributed by atoms with Gasteiger partial charge in [-0.1, -0.05) is 18.2 Å². The molecule has 2 saturated heterocycles. The third kappa shape index (κ3) is 6.62. The molecule has 1 aliphatic carbocycles. The average Bonchev–Trinajstić information content (AvgIpc) is 3.00. The van der Waals surface area contributed by atoms with Crippen molar-refractivity contribution in [2.24, 2.45) is 0 Å². The molecule has 0 unspecified atom stereocenters. The highest BCUT2D eigenvalue weighted by Crippen LogP contribution is 2.32. The Kier molecular flexibility index (Phi) is 8.56. The van der Waals surface area contributed by atoms with Crippen molar-refractivity contribution >= 4 is 17.5 Å². The van der Waals surface area contributed by atoms with Crippen molar-refractivity contribution in [1.82, 2.24) is 24.8 Å². The lowest BCUT2D eigenvalue weighted by Gasteiger charge is -2.41. The van der Waals surface area contributed by atoms with Crippen molar-refractivity contribution in [3.8, 4) is 11.3 Å². The van der Waals surface area contributed by atoms with E-state index in [-0.39, 0.29) is 12.1 Å². The van der Waals surface area contributed by atoms with Gasteiger partial charge in [-0.15, -0.1) is 0 Å². The quantitative estimate of drug-likeness (QED) is 0.373. The van der Waals surface area contributed by atoms with Gasteiger partial charge in [-0.3, -0.25) is 4.98 Å². The topological polar surface area (TPSA) is 89.4 Å². The van der Waals surface area contributed by atoms with Gasteiger partial charge < -0.3 is 25.5 Å². The number of nitrogens with zero attached hydrogens (tertiary/aromatic N) is 5. The molecule has 0 bridgehead atoms. The van der Waals surface area contributed by atoms with E-state index in [2.05, 4.69) is 61.7 Å². The maximum absolute atomic E-state index is 9.93. The first kappa shape index (κ1) is 27.1. The molecular weight excluding hydrogens is 498 g/mol. The Morgan fingerprint density at radius 1 is 0.825 bits per heavy atom. The highest BCUT2D eigenvalue weighted by Gasteiger charge is 2.28. The van der Waals surface area contributed by atoms with Crippen LogP contribution in [0.3, 0.4) is 0 Å². The smallest absolute Gasteiger partial charge is 0.229 e. The van der Waals surface area contributed by atoms with Gasteiger partial charge in [0.05, 0.1) is 17.4 Å². The van der Waals surface area contributed by atoms with Crippen molar-refractivity contribution in [2.45, 2.75) is 75.5 Å². The maximum Gasteiger partial charge on any atom is 0.229 e. The van der Waals surface area contributed by atoms with Crippen LogP contribution in [0.5, 0.6) is 0 Å². The number of aromatic nitrogens is 3. The molecule has 1 saturated carbocycles. The molecule has 0 spiro atoms. The zero-order chi connectivity index (χ0) is 27.3. The van der Waals surface area contributed by atoms with Crippen LogP contribution in [0.25, 0.3) is 11.3 Å². The summed E-state index contributed by atoms with van der Waals surface area (Å²) in [4.78, 5) is 19.2. The van der Waals surface area contributed by atoms with E-state index < -0.39 is 0 Å². The second-order valence-electron chi connectivity index (χ2n) is 11.9. The fraction of sp³-hybridized carbons (Fsp3) is 0.531. The summed E-state index contributed by atoms with van der Waals surface area (Å²) in [5.74, 6) is 1.98. The van der Waals surface area contributed by atoms with E-state index in [1.807, 2.05) is 24.4 Å². The number of aliphatic hydroxyl groups is 1. The number of piperidine rings is 2. The Bertz CT molecular complexity index is 1210. The van der Waals surface area contributed by atoms with Crippen molar-refractivity contribution in [3.05, 3.63) is 60.4 Å². The average molecular weight is 542 g/mol. The minimum Gasteiger partial charge on any atom is -0.393 e. The molecule has 3 N–H and O–H groups in total. The van der Waals surface area contributed by atoms with Gasteiger partial charge in [0.15, 0.2) is 0 Å². The molecule has 212 valence electrons. The first-order valence-corrected chi connectivity index (χ1v) is 15.1. The Labute approximate surface area is 238 Å². The molecule has 3 aromatic rings. The van der Waals surface area contributed by atoms with E-state index in [1.165, 1.54) is 57.4 Å². The van der Waals surface area contributed by atoms with Crippen LogP contribution in [-0.2, 0) is 0 Å². The largest absolute Gasteiger partial charge is 0.393 e. The lowest BCUT2D eigenvalue weighted by Crippen LogP contribution is -2.46. The molecule has 0 amide bonds. The molecule has 2 aromatic heterocycles. The SMILES string of the molecule is CN1CCC(N2CCC(c3ccc(Nc4ncc(-c5ccccn5)c(NC5CCC(O)CC5)n4)cc3)CC2)CC1. The van der Waals surface area contributed by atoms with Crippen LogP contribution >= 0.6 is 0 Å². The molecule has 8 nitrogen and oxygen atoms in total. The summed E-state index contributed by atoms with van der Waals surface area (Å²) in [5.41, 5.74) is 4.16. The molecule has 6 rings (SSSR count). The summed E-state index contributed by atoms with van der Waals surface area (Å²) in [6.07, 6.45) is 12.0. The van der Waals surface area contributed by atoms with Crippen LogP contribution in [0, 0.1) is 0 Å². The summed E-state index contributed by atoms with van der Waals surface area (Å²) < 4.78 is 0. The predicted octanol–water partition coefficient (Wildman–Crippen LogP) is 5.27. The van der Waals surface area contributed by atoms with Gasteiger partial charge in [0, 0.05) is 30.2 Å². The maximum atomic E-state index is 9.93. The van der Waals surface area contributed by atoms with Gasteiger partial charge in [-0.05, 0) is 120 Å². The predicted molar refractivity (Wildman–Crippen MR) is 161 cm³/mol. The van der Waals surface area contributed by atoms with E-state index in [4.69, 9.17) is 4.98 Å². The van der Waals surface area contributed by atoms with Gasteiger partial charge in [0.2, 0.25) is 5.95 Å². The van der Waals surface area contributed by atoms with Crippen LogP contribution in [0.1, 0.15) is 62.8 Å². The second-order valence-corrected chi connectivity index (χ2v) is 11.9. The van der Waals surface area contributed by atoms with Crippen molar-refractivity contribution in [3.63, 3.8) is 0 Å². The molecule has 3 fully saturated rings. The Balaban J connectivity index is 1.10. The number of hydrogen-bond acceptors (Lipinski definition) is 8. The second kappa shape index (κ2) is 12.6. The van der Waals surface area contributed by atoms with Crippen LogP contribution in [0.4, 0.5) is 17.5 Å². The van der Waals surface area contributed by atoms with Gasteiger partial charge in [-0.2, -0.15) is 4.98 Å². The fourth-order valence-electron chi connectivity index (χ4n) is 6.60. The Morgan fingerprint density at radius 3 is 2.27 bits per heavy atom. The first-order chi connectivity index (χ1) is 19.6. The molecule has 40 heavy (non-hydrogen) atoms. The van der Waals surface area contributed by atoms with Gasteiger partial charge >= 0.3 is 0 Å². The monoisotopic (exact) mass is 541 g/mol. The van der Waals surface area contributed by atoms with Gasteiger partial charge in [0.1, 0.15) is 5.82 Å². The zero-order valence-electron chi connectivity index (χ0n) is 23.7. The van der Waals surface area contributed by atoms with Crippen LogP contribution < -0.4 is 10.6 Å². The van der Waals surface area contributed by atoms with E-state index in [0.29, 0.717) is 11.9 Å². The highest BCUT2D eigenvalue weighted by atomic mass is 16.3. The fourth-order valence-corrected chi connectivity index (χ4v) is 6.60. The lowest BCUT2D eigenvalue weighted by atomic mass is 9.88. The number of likely N-dealkylation sites (tertiary alicyclic amines) is 2. The first-order valence-electron chi connectivity index (χ1n) is 15.1. The number of pyridine rings is 1. The number of anilines is 3. The van der Waals surface area contributed by atoms with Crippen LogP contribution in [0.15, 0.2) is 54.9 Å². The van der Waals surface area contributed by atoms with Crippen molar-refractivity contribution in [1.29, 1.82) is 0 Å². The molecule has 0 radical (unpaired) electrons. The minimum absolute atomic E-state index is 0.189. The van der Waals surface area contributed by atoms with Gasteiger partial charge in [-0.25, -0.2) is 4.98 Å². The summed E-state index contributed by atoms with van der Waals surface area (Å²) >= 11 is 0. The summed E-state index contributed by atoms with van der Waals surface area (Å²) in [7, 11) is 2.24. The van der Waals surface area contributed by atoms with Gasteiger partial charge in [0.25, 0.3) is 0 Å². The summed E-state index contributed by atoms with van der Waals surface area (Å²) in [6.45, 7) is 4.89. The number of benzene rings is 1. The highest BCUT2D eigenvalue weighted by molar-refractivity contribution is 5.73. The molecule has 1 aromatic carbocycles. The molecule has 2 aliphatic heterocycles. The van der Waals surface area contributed by atoms with E-state index in [9.17, 15) is 5.11 Å². The van der Waals surface area contributed by atoms with Crippen molar-refractivity contribution < 1.29 is 5.11 Å². The third-order valence-corrected chi connectivity index (χ3v) is 9.14. The molecule has 4 heterocycles. The number of rotatable bonds is 7. The normalized spacial score (nSPS) is 23.6. The van der Waals surface area contributed by atoms with Crippen LogP contribution in [0.2, 0.25) is 0 Å².